The fourth-order valence-electron chi connectivity index (χ4n) is 2.23. The number of aryl methyl sites for hydroxylation is 2. The van der Waals surface area contributed by atoms with Crippen LogP contribution in [0, 0.1) is 19.8 Å². The van der Waals surface area contributed by atoms with Crippen LogP contribution in [0.5, 0.6) is 5.75 Å². The molecule has 1 aromatic carbocycles. The minimum atomic E-state index is 0. The Balaban J connectivity index is 0.00000220. The first-order valence-corrected chi connectivity index (χ1v) is 7.28. The lowest BCUT2D eigenvalue weighted by atomic mass is 10.1. The zero-order valence-corrected chi connectivity index (χ0v) is 13.5. The Kier molecular flexibility index (Phi) is 6.99. The highest BCUT2D eigenvalue weighted by Crippen LogP contribution is 2.31. The van der Waals surface area contributed by atoms with Crippen LogP contribution in [0.25, 0.3) is 0 Å². The second kappa shape index (κ2) is 8.25. The number of carbonyl (C=O) groups is 1. The highest BCUT2D eigenvalue weighted by atomic mass is 35.5. The van der Waals surface area contributed by atoms with Crippen LogP contribution in [0.15, 0.2) is 18.2 Å². The fourth-order valence-corrected chi connectivity index (χ4v) is 2.23. The number of rotatable bonds is 7. The van der Waals surface area contributed by atoms with E-state index in [0.29, 0.717) is 25.5 Å². The fraction of sp³-hybridized carbons (Fsp3) is 0.562. The van der Waals surface area contributed by atoms with Crippen molar-refractivity contribution < 1.29 is 9.53 Å². The summed E-state index contributed by atoms with van der Waals surface area (Å²) in [5.41, 5.74) is 8.24. The van der Waals surface area contributed by atoms with Gasteiger partial charge < -0.3 is 15.8 Å². The quantitative estimate of drug-likeness (QED) is 0.812. The van der Waals surface area contributed by atoms with Gasteiger partial charge in [0.2, 0.25) is 5.91 Å². The van der Waals surface area contributed by atoms with Gasteiger partial charge in [-0.25, -0.2) is 0 Å². The average Bonchev–Trinajstić information content (AvgIpc) is 3.23. The predicted molar refractivity (Wildman–Crippen MR) is 87.0 cm³/mol. The molecule has 21 heavy (non-hydrogen) atoms. The summed E-state index contributed by atoms with van der Waals surface area (Å²) < 4.78 is 5.64. The zero-order valence-electron chi connectivity index (χ0n) is 12.7. The molecule has 0 spiro atoms. The van der Waals surface area contributed by atoms with E-state index in [1.54, 1.807) is 0 Å². The molecule has 1 aromatic rings. The maximum atomic E-state index is 11.7. The summed E-state index contributed by atoms with van der Waals surface area (Å²) in [6.07, 6.45) is 2.77. The normalized spacial score (nSPS) is 15.0. The summed E-state index contributed by atoms with van der Waals surface area (Å²) in [7, 11) is 0. The number of nitrogens with two attached hydrogens (primary N) is 1. The summed E-state index contributed by atoms with van der Waals surface area (Å²) in [6.45, 7) is 5.03. The average molecular weight is 313 g/mol. The molecular formula is C16H25ClN2O2. The van der Waals surface area contributed by atoms with Gasteiger partial charge in [0, 0.05) is 12.6 Å². The number of halogens is 1. The van der Waals surface area contributed by atoms with E-state index in [0.717, 1.165) is 11.3 Å². The molecule has 1 saturated carbocycles. The topological polar surface area (TPSA) is 64.3 Å². The summed E-state index contributed by atoms with van der Waals surface area (Å²) >= 11 is 0. The maximum absolute atomic E-state index is 11.7. The first-order valence-electron chi connectivity index (χ1n) is 7.28. The van der Waals surface area contributed by atoms with E-state index in [4.69, 9.17) is 10.5 Å². The van der Waals surface area contributed by atoms with Crippen molar-refractivity contribution in [1.29, 1.82) is 0 Å². The molecule has 1 unspecified atom stereocenters. The lowest BCUT2D eigenvalue weighted by molar-refractivity contribution is -0.121. The van der Waals surface area contributed by atoms with Crippen LogP contribution in [0.1, 0.15) is 30.4 Å². The number of carbonyl (C=O) groups excluding carboxylic acids is 1. The van der Waals surface area contributed by atoms with Gasteiger partial charge in [0.1, 0.15) is 5.75 Å². The third-order valence-electron chi connectivity index (χ3n) is 3.68. The molecule has 0 aliphatic heterocycles. The Morgan fingerprint density at radius 1 is 1.43 bits per heavy atom. The molecule has 1 atom stereocenters. The van der Waals surface area contributed by atoms with Gasteiger partial charge in [-0.15, -0.1) is 12.4 Å². The lowest BCUT2D eigenvalue weighted by Crippen LogP contribution is -2.38. The van der Waals surface area contributed by atoms with Crippen LogP contribution in [-0.4, -0.2) is 25.1 Å². The number of amides is 1. The van der Waals surface area contributed by atoms with Gasteiger partial charge in [-0.2, -0.15) is 0 Å². The minimum absolute atomic E-state index is 0. The molecule has 1 fully saturated rings. The van der Waals surface area contributed by atoms with Crippen molar-refractivity contribution in [3.8, 4) is 5.75 Å². The maximum Gasteiger partial charge on any atom is 0.223 e. The van der Waals surface area contributed by atoms with E-state index in [2.05, 4.69) is 11.4 Å². The van der Waals surface area contributed by atoms with Crippen LogP contribution in [0.4, 0.5) is 0 Å². The Labute approximate surface area is 132 Å². The van der Waals surface area contributed by atoms with E-state index in [-0.39, 0.29) is 24.4 Å². The lowest BCUT2D eigenvalue weighted by Gasteiger charge is -2.12. The van der Waals surface area contributed by atoms with Gasteiger partial charge in [0.15, 0.2) is 0 Å². The number of hydrogen-bond acceptors (Lipinski definition) is 3. The molecule has 0 bridgehead atoms. The molecule has 3 N–H and O–H groups in total. The van der Waals surface area contributed by atoms with Crippen LogP contribution < -0.4 is 15.8 Å². The van der Waals surface area contributed by atoms with Crippen molar-refractivity contribution in [2.45, 2.75) is 39.2 Å². The molecule has 118 valence electrons. The van der Waals surface area contributed by atoms with E-state index >= 15 is 0 Å². The molecular weight excluding hydrogens is 288 g/mol. The highest BCUT2D eigenvalue weighted by molar-refractivity contribution is 5.85. The predicted octanol–water partition coefficient (Wildman–Crippen LogP) is 2.35. The van der Waals surface area contributed by atoms with E-state index in [1.807, 2.05) is 26.0 Å². The Morgan fingerprint density at radius 2 is 2.14 bits per heavy atom. The van der Waals surface area contributed by atoms with Gasteiger partial charge >= 0.3 is 0 Å². The molecule has 0 saturated heterocycles. The summed E-state index contributed by atoms with van der Waals surface area (Å²) in [6, 6.07) is 6.14. The van der Waals surface area contributed by atoms with Crippen molar-refractivity contribution >= 4 is 18.3 Å². The third-order valence-corrected chi connectivity index (χ3v) is 3.68. The van der Waals surface area contributed by atoms with Crippen molar-refractivity contribution in [1.82, 2.24) is 5.32 Å². The number of nitrogens with one attached hydrogen (secondary N) is 1. The number of ether oxygens (including phenoxy) is 1. The van der Waals surface area contributed by atoms with Gasteiger partial charge in [-0.1, -0.05) is 17.7 Å². The largest absolute Gasteiger partial charge is 0.493 e. The molecule has 0 aromatic heterocycles. The van der Waals surface area contributed by atoms with Crippen molar-refractivity contribution in [3.05, 3.63) is 29.3 Å². The van der Waals surface area contributed by atoms with Crippen molar-refractivity contribution in [2.24, 2.45) is 11.7 Å². The van der Waals surface area contributed by atoms with Gasteiger partial charge in [-0.05, 0) is 44.2 Å². The second-order valence-corrected chi connectivity index (χ2v) is 5.67. The SMILES string of the molecule is Cc1ccc(OCCC(=O)NCC(N)C2CC2)c(C)c1.Cl. The minimum Gasteiger partial charge on any atom is -0.493 e. The van der Waals surface area contributed by atoms with Gasteiger partial charge in [0.25, 0.3) is 0 Å². The number of benzene rings is 1. The standard InChI is InChI=1S/C16H24N2O2.ClH/c1-11-3-6-15(12(2)9-11)20-8-7-16(19)18-10-14(17)13-4-5-13;/h3,6,9,13-14H,4-5,7-8,10,17H2,1-2H3,(H,18,19);1H. The van der Waals surface area contributed by atoms with Crippen LogP contribution in [0.3, 0.4) is 0 Å². The number of hydrogen-bond donors (Lipinski definition) is 2. The van der Waals surface area contributed by atoms with Gasteiger partial charge in [0.05, 0.1) is 13.0 Å². The van der Waals surface area contributed by atoms with Crippen molar-refractivity contribution in [3.63, 3.8) is 0 Å². The van der Waals surface area contributed by atoms with Gasteiger partial charge in [-0.3, -0.25) is 4.79 Å². The summed E-state index contributed by atoms with van der Waals surface area (Å²) in [5.74, 6) is 1.46. The van der Waals surface area contributed by atoms with Crippen molar-refractivity contribution in [2.75, 3.05) is 13.2 Å². The smallest absolute Gasteiger partial charge is 0.223 e. The molecule has 1 amide bonds. The highest BCUT2D eigenvalue weighted by Gasteiger charge is 2.28. The molecule has 0 heterocycles. The van der Waals surface area contributed by atoms with E-state index in [1.165, 1.54) is 18.4 Å². The Morgan fingerprint density at radius 3 is 2.76 bits per heavy atom. The molecule has 5 heteroatoms. The van der Waals surface area contributed by atoms with Crippen LogP contribution >= 0.6 is 12.4 Å². The summed E-state index contributed by atoms with van der Waals surface area (Å²) in [4.78, 5) is 11.7. The van der Waals surface area contributed by atoms with E-state index < -0.39 is 0 Å². The summed E-state index contributed by atoms with van der Waals surface area (Å²) in [5, 5.41) is 2.87. The Bertz CT molecular complexity index is 475. The van der Waals surface area contributed by atoms with Crippen LogP contribution in [0.2, 0.25) is 0 Å². The zero-order chi connectivity index (χ0) is 14.5. The first kappa shape index (κ1) is 17.8. The molecule has 1 aliphatic rings. The molecule has 4 nitrogen and oxygen atoms in total. The molecule has 0 radical (unpaired) electrons. The van der Waals surface area contributed by atoms with E-state index in [9.17, 15) is 4.79 Å². The first-order chi connectivity index (χ1) is 9.56. The second-order valence-electron chi connectivity index (χ2n) is 5.67. The molecule has 1 aliphatic carbocycles. The van der Waals surface area contributed by atoms with Crippen LogP contribution in [-0.2, 0) is 4.79 Å². The Hall–Kier alpha value is -1.26. The molecule has 2 rings (SSSR count). The monoisotopic (exact) mass is 312 g/mol. The third kappa shape index (κ3) is 5.94.